The standard InChI is InChI=1S/C20H31N7O/c1-20(2,27-13-7-4-8-14-27)15-24-19(21-3)23-12-10-17-25-18(28-26-17)16-9-5-6-11-22-16/h5-6,9,11H,4,7-8,10,12-15H2,1-3H3,(H2,21,23,24). The summed E-state index contributed by atoms with van der Waals surface area (Å²) in [5.74, 6) is 1.89. The summed E-state index contributed by atoms with van der Waals surface area (Å²) in [7, 11) is 1.79. The average Bonchev–Trinajstić information content (AvgIpc) is 3.21. The molecule has 1 fully saturated rings. The smallest absolute Gasteiger partial charge is 0.276 e. The van der Waals surface area contributed by atoms with Crippen LogP contribution in [-0.4, -0.2) is 64.7 Å². The largest absolute Gasteiger partial charge is 0.356 e. The molecule has 2 N–H and O–H groups in total. The topological polar surface area (TPSA) is 91.5 Å². The number of rotatable bonds is 7. The molecule has 1 saturated heterocycles. The molecule has 1 aliphatic heterocycles. The van der Waals surface area contributed by atoms with Crippen LogP contribution in [0.1, 0.15) is 38.9 Å². The molecule has 28 heavy (non-hydrogen) atoms. The molecule has 3 rings (SSSR count). The van der Waals surface area contributed by atoms with Crippen molar-refractivity contribution in [2.45, 2.75) is 45.1 Å². The predicted octanol–water partition coefficient (Wildman–Crippen LogP) is 2.10. The second-order valence-electron chi connectivity index (χ2n) is 7.69. The van der Waals surface area contributed by atoms with Gasteiger partial charge >= 0.3 is 0 Å². The summed E-state index contributed by atoms with van der Waals surface area (Å²) in [6, 6.07) is 5.61. The quantitative estimate of drug-likeness (QED) is 0.557. The van der Waals surface area contributed by atoms with Gasteiger partial charge in [0.2, 0.25) is 0 Å². The zero-order valence-electron chi connectivity index (χ0n) is 17.1. The molecule has 2 aromatic heterocycles. The van der Waals surface area contributed by atoms with Crippen molar-refractivity contribution < 1.29 is 4.52 Å². The molecule has 152 valence electrons. The number of guanidine groups is 1. The Morgan fingerprint density at radius 3 is 2.75 bits per heavy atom. The van der Waals surface area contributed by atoms with Gasteiger partial charge in [-0.1, -0.05) is 17.6 Å². The fourth-order valence-electron chi connectivity index (χ4n) is 3.37. The maximum absolute atomic E-state index is 5.29. The van der Waals surface area contributed by atoms with Crippen LogP contribution >= 0.6 is 0 Å². The van der Waals surface area contributed by atoms with E-state index in [1.54, 1.807) is 13.2 Å². The molecule has 0 bridgehead atoms. The lowest BCUT2D eigenvalue weighted by Crippen LogP contribution is -2.55. The third-order valence-electron chi connectivity index (χ3n) is 5.12. The fraction of sp³-hybridized carbons (Fsp3) is 0.600. The highest BCUT2D eigenvalue weighted by Crippen LogP contribution is 2.19. The molecular weight excluding hydrogens is 354 g/mol. The Hall–Kier alpha value is -2.48. The first-order chi connectivity index (χ1) is 13.6. The highest BCUT2D eigenvalue weighted by atomic mass is 16.5. The summed E-state index contributed by atoms with van der Waals surface area (Å²) in [4.78, 5) is 15.5. The normalized spacial score (nSPS) is 16.2. The number of hydrogen-bond donors (Lipinski definition) is 2. The molecule has 0 aromatic carbocycles. The lowest BCUT2D eigenvalue weighted by Gasteiger charge is -2.41. The zero-order valence-corrected chi connectivity index (χ0v) is 17.1. The van der Waals surface area contributed by atoms with Crippen LogP contribution in [-0.2, 0) is 6.42 Å². The van der Waals surface area contributed by atoms with Gasteiger partial charge in [-0.25, -0.2) is 0 Å². The molecule has 1 aliphatic rings. The number of pyridine rings is 1. The van der Waals surface area contributed by atoms with Gasteiger partial charge in [-0.15, -0.1) is 0 Å². The van der Waals surface area contributed by atoms with Gasteiger partial charge in [-0.05, 0) is 51.9 Å². The summed E-state index contributed by atoms with van der Waals surface area (Å²) < 4.78 is 5.29. The van der Waals surface area contributed by atoms with Crippen molar-refractivity contribution in [3.05, 3.63) is 30.2 Å². The molecule has 8 nitrogen and oxygen atoms in total. The van der Waals surface area contributed by atoms with Crippen LogP contribution in [0.25, 0.3) is 11.6 Å². The predicted molar refractivity (Wildman–Crippen MR) is 110 cm³/mol. The average molecular weight is 386 g/mol. The van der Waals surface area contributed by atoms with Crippen molar-refractivity contribution in [3.63, 3.8) is 0 Å². The minimum Gasteiger partial charge on any atom is -0.356 e. The Balaban J connectivity index is 1.44. The summed E-state index contributed by atoms with van der Waals surface area (Å²) in [6.45, 7) is 8.45. The second kappa shape index (κ2) is 9.64. The van der Waals surface area contributed by atoms with Crippen molar-refractivity contribution in [2.75, 3.05) is 33.2 Å². The van der Waals surface area contributed by atoms with Crippen molar-refractivity contribution in [2.24, 2.45) is 4.99 Å². The number of aromatic nitrogens is 3. The number of nitrogens with zero attached hydrogens (tertiary/aromatic N) is 5. The molecule has 0 amide bonds. The van der Waals surface area contributed by atoms with Crippen LogP contribution in [0.2, 0.25) is 0 Å². The maximum Gasteiger partial charge on any atom is 0.276 e. The zero-order chi connectivity index (χ0) is 19.8. The van der Waals surface area contributed by atoms with E-state index in [1.807, 2.05) is 18.2 Å². The monoisotopic (exact) mass is 385 g/mol. The van der Waals surface area contributed by atoms with Crippen molar-refractivity contribution in [3.8, 4) is 11.6 Å². The first-order valence-electron chi connectivity index (χ1n) is 10.0. The first-order valence-corrected chi connectivity index (χ1v) is 10.0. The number of likely N-dealkylation sites (tertiary alicyclic amines) is 1. The van der Waals surface area contributed by atoms with Gasteiger partial charge in [0.15, 0.2) is 11.8 Å². The molecule has 8 heteroatoms. The fourth-order valence-corrected chi connectivity index (χ4v) is 3.37. The van der Waals surface area contributed by atoms with E-state index in [1.165, 1.54) is 32.4 Å². The summed E-state index contributed by atoms with van der Waals surface area (Å²) >= 11 is 0. The Labute approximate surface area is 166 Å². The van der Waals surface area contributed by atoms with E-state index < -0.39 is 0 Å². The summed E-state index contributed by atoms with van der Waals surface area (Å²) in [5.41, 5.74) is 0.787. The van der Waals surface area contributed by atoms with Crippen molar-refractivity contribution in [1.29, 1.82) is 0 Å². The molecule has 0 unspecified atom stereocenters. The van der Waals surface area contributed by atoms with Gasteiger partial charge < -0.3 is 15.2 Å². The van der Waals surface area contributed by atoms with Crippen LogP contribution in [0.3, 0.4) is 0 Å². The van der Waals surface area contributed by atoms with Gasteiger partial charge in [0, 0.05) is 38.3 Å². The van der Waals surface area contributed by atoms with Crippen molar-refractivity contribution in [1.82, 2.24) is 30.7 Å². The summed E-state index contributed by atoms with van der Waals surface area (Å²) in [6.07, 6.45) is 6.29. The summed E-state index contributed by atoms with van der Waals surface area (Å²) in [5, 5.41) is 10.8. The van der Waals surface area contributed by atoms with E-state index in [4.69, 9.17) is 4.52 Å². The molecule has 0 aliphatic carbocycles. The molecule has 2 aromatic rings. The number of hydrogen-bond acceptors (Lipinski definition) is 6. The van der Waals surface area contributed by atoms with E-state index in [0.717, 1.165) is 12.5 Å². The van der Waals surface area contributed by atoms with Gasteiger partial charge in [0.25, 0.3) is 5.89 Å². The third kappa shape index (κ3) is 5.51. The van der Waals surface area contributed by atoms with Crippen LogP contribution < -0.4 is 10.6 Å². The highest BCUT2D eigenvalue weighted by Gasteiger charge is 2.27. The van der Waals surface area contributed by atoms with Gasteiger partial charge in [0.1, 0.15) is 5.69 Å². The number of nitrogens with one attached hydrogen (secondary N) is 2. The minimum atomic E-state index is 0.100. The molecule has 3 heterocycles. The second-order valence-corrected chi connectivity index (χ2v) is 7.69. The highest BCUT2D eigenvalue weighted by molar-refractivity contribution is 5.79. The SMILES string of the molecule is CN=C(NCCc1noc(-c2ccccn2)n1)NCC(C)(C)N1CCCCC1. The minimum absolute atomic E-state index is 0.100. The lowest BCUT2D eigenvalue weighted by atomic mass is 9.98. The van der Waals surface area contributed by atoms with E-state index in [2.05, 4.69) is 49.5 Å². The Morgan fingerprint density at radius 1 is 1.21 bits per heavy atom. The number of piperidine rings is 1. The van der Waals surface area contributed by atoms with Crippen LogP contribution in [0.5, 0.6) is 0 Å². The maximum atomic E-state index is 5.29. The van der Waals surface area contributed by atoms with Gasteiger partial charge in [-0.2, -0.15) is 4.98 Å². The first kappa shape index (κ1) is 20.3. The molecular formula is C20H31N7O. The Kier molecular flexibility index (Phi) is 6.97. The van der Waals surface area contributed by atoms with Crippen molar-refractivity contribution >= 4 is 5.96 Å². The Bertz CT molecular complexity index is 751. The van der Waals surface area contributed by atoms with E-state index >= 15 is 0 Å². The lowest BCUT2D eigenvalue weighted by molar-refractivity contribution is 0.0982. The number of aliphatic imine (C=N–C) groups is 1. The molecule has 0 atom stereocenters. The van der Waals surface area contributed by atoms with Crippen LogP contribution in [0.4, 0.5) is 0 Å². The molecule has 0 saturated carbocycles. The van der Waals surface area contributed by atoms with E-state index in [9.17, 15) is 0 Å². The van der Waals surface area contributed by atoms with E-state index in [0.29, 0.717) is 30.4 Å². The molecule has 0 spiro atoms. The third-order valence-corrected chi connectivity index (χ3v) is 5.12. The van der Waals surface area contributed by atoms with Gasteiger partial charge in [-0.3, -0.25) is 14.9 Å². The van der Waals surface area contributed by atoms with E-state index in [-0.39, 0.29) is 5.54 Å². The Morgan fingerprint density at radius 2 is 2.04 bits per heavy atom. The van der Waals surface area contributed by atoms with Crippen LogP contribution in [0, 0.1) is 0 Å². The van der Waals surface area contributed by atoms with Crippen LogP contribution in [0.15, 0.2) is 33.9 Å². The van der Waals surface area contributed by atoms with Gasteiger partial charge in [0.05, 0.1) is 0 Å². The molecule has 0 radical (unpaired) electrons.